The minimum atomic E-state index is -1.58. The van der Waals surface area contributed by atoms with Crippen molar-refractivity contribution in [3.05, 3.63) is 0 Å². The van der Waals surface area contributed by atoms with Gasteiger partial charge < -0.3 is 14.9 Å². The zero-order valence-corrected chi connectivity index (χ0v) is 8.17. The first kappa shape index (κ1) is 11.6. The molecule has 2 N–H and O–H groups in total. The molecule has 1 fully saturated rings. The van der Waals surface area contributed by atoms with Gasteiger partial charge in [-0.3, -0.25) is 9.59 Å². The van der Waals surface area contributed by atoms with E-state index in [4.69, 9.17) is 5.11 Å². The summed E-state index contributed by atoms with van der Waals surface area (Å²) in [6.07, 6.45) is -0.733. The van der Waals surface area contributed by atoms with E-state index in [9.17, 15) is 19.5 Å². The van der Waals surface area contributed by atoms with Crippen LogP contribution in [0, 0.1) is 11.8 Å². The smallest absolute Gasteiger partial charge is 0.372 e. The molecule has 0 aliphatic heterocycles. The summed E-state index contributed by atoms with van der Waals surface area (Å²) in [4.78, 5) is 32.9. The molecule has 0 bridgehead atoms. The molecular formula is C9H12O6. The van der Waals surface area contributed by atoms with E-state index in [0.717, 1.165) is 7.11 Å². The number of ether oxygens (including phenoxy) is 1. The molecule has 6 nitrogen and oxygen atoms in total. The molecule has 1 aliphatic carbocycles. The van der Waals surface area contributed by atoms with E-state index < -0.39 is 35.7 Å². The molecule has 3 unspecified atom stereocenters. The Morgan fingerprint density at radius 2 is 1.73 bits per heavy atom. The van der Waals surface area contributed by atoms with Gasteiger partial charge in [0.15, 0.2) is 0 Å². The molecule has 84 valence electrons. The van der Waals surface area contributed by atoms with Crippen LogP contribution < -0.4 is 0 Å². The Kier molecular flexibility index (Phi) is 3.41. The Labute approximate surface area is 85.8 Å². The number of ketones is 1. The van der Waals surface area contributed by atoms with Crippen LogP contribution in [0.15, 0.2) is 0 Å². The van der Waals surface area contributed by atoms with Crippen molar-refractivity contribution < 1.29 is 29.3 Å². The number of aliphatic hydroxyl groups is 1. The SMILES string of the molecule is COC(=O)C1CC(O)CC1C(=O)C(=O)O. The Morgan fingerprint density at radius 3 is 2.20 bits per heavy atom. The van der Waals surface area contributed by atoms with Gasteiger partial charge in [-0.25, -0.2) is 4.79 Å². The molecule has 3 atom stereocenters. The van der Waals surface area contributed by atoms with Crippen LogP contribution in [-0.2, 0) is 19.1 Å². The maximum atomic E-state index is 11.2. The Balaban J connectivity index is 2.82. The third kappa shape index (κ3) is 2.33. The van der Waals surface area contributed by atoms with Crippen molar-refractivity contribution in [3.8, 4) is 0 Å². The van der Waals surface area contributed by atoms with E-state index in [1.54, 1.807) is 0 Å². The fraction of sp³-hybridized carbons (Fsp3) is 0.667. The van der Waals surface area contributed by atoms with Crippen molar-refractivity contribution in [3.63, 3.8) is 0 Å². The highest BCUT2D eigenvalue weighted by Crippen LogP contribution is 2.33. The third-order valence-corrected chi connectivity index (χ3v) is 2.59. The lowest BCUT2D eigenvalue weighted by Gasteiger charge is -2.13. The van der Waals surface area contributed by atoms with E-state index in [2.05, 4.69) is 4.74 Å². The second-order valence-corrected chi connectivity index (χ2v) is 3.53. The number of hydrogen-bond acceptors (Lipinski definition) is 5. The lowest BCUT2D eigenvalue weighted by Crippen LogP contribution is -2.30. The molecule has 0 aromatic rings. The van der Waals surface area contributed by atoms with E-state index in [1.807, 2.05) is 0 Å². The van der Waals surface area contributed by atoms with Gasteiger partial charge >= 0.3 is 11.9 Å². The molecule has 0 aromatic carbocycles. The zero-order chi connectivity index (χ0) is 11.6. The van der Waals surface area contributed by atoms with E-state index >= 15 is 0 Å². The summed E-state index contributed by atoms with van der Waals surface area (Å²) in [6.45, 7) is 0. The predicted molar refractivity (Wildman–Crippen MR) is 46.9 cm³/mol. The maximum absolute atomic E-state index is 11.2. The standard InChI is InChI=1S/C9H12O6/c1-15-9(14)6-3-4(10)2-5(6)7(11)8(12)13/h4-6,10H,2-3H2,1H3,(H,12,13). The number of carboxylic acids is 1. The van der Waals surface area contributed by atoms with Gasteiger partial charge in [0.25, 0.3) is 0 Å². The summed E-state index contributed by atoms with van der Waals surface area (Å²) < 4.78 is 4.45. The molecular weight excluding hydrogens is 204 g/mol. The predicted octanol–water partition coefficient (Wildman–Crippen LogP) is -0.800. The van der Waals surface area contributed by atoms with Crippen LogP contribution in [0.5, 0.6) is 0 Å². The Morgan fingerprint density at radius 1 is 1.20 bits per heavy atom. The molecule has 15 heavy (non-hydrogen) atoms. The number of carboxylic acid groups (broad SMARTS) is 1. The molecule has 0 spiro atoms. The lowest BCUT2D eigenvalue weighted by atomic mass is 9.92. The first-order valence-electron chi connectivity index (χ1n) is 4.50. The molecule has 0 amide bonds. The van der Waals surface area contributed by atoms with E-state index in [-0.39, 0.29) is 12.8 Å². The van der Waals surface area contributed by atoms with E-state index in [0.29, 0.717) is 0 Å². The Hall–Kier alpha value is -1.43. The topological polar surface area (TPSA) is 101 Å². The van der Waals surface area contributed by atoms with Gasteiger partial charge in [0.2, 0.25) is 5.78 Å². The first-order valence-corrected chi connectivity index (χ1v) is 4.50. The number of aliphatic hydroxyl groups excluding tert-OH is 1. The summed E-state index contributed by atoms with van der Waals surface area (Å²) in [7, 11) is 1.16. The lowest BCUT2D eigenvalue weighted by molar-refractivity contribution is -0.155. The summed E-state index contributed by atoms with van der Waals surface area (Å²) in [5, 5.41) is 17.8. The number of rotatable bonds is 3. The van der Waals surface area contributed by atoms with Crippen LogP contribution in [0.2, 0.25) is 0 Å². The second kappa shape index (κ2) is 4.39. The molecule has 1 aliphatic rings. The molecule has 6 heteroatoms. The van der Waals surface area contributed by atoms with E-state index in [1.165, 1.54) is 0 Å². The highest BCUT2D eigenvalue weighted by atomic mass is 16.5. The number of hydrogen-bond donors (Lipinski definition) is 2. The molecule has 0 heterocycles. The van der Waals surface area contributed by atoms with Crippen molar-refractivity contribution in [1.82, 2.24) is 0 Å². The molecule has 1 rings (SSSR count). The maximum Gasteiger partial charge on any atom is 0.372 e. The summed E-state index contributed by atoms with van der Waals surface area (Å²) >= 11 is 0. The minimum absolute atomic E-state index is 0.00486. The van der Waals surface area contributed by atoms with Gasteiger partial charge in [-0.15, -0.1) is 0 Å². The summed E-state index contributed by atoms with van der Waals surface area (Å²) in [5.74, 6) is -5.07. The largest absolute Gasteiger partial charge is 0.475 e. The number of carbonyl (C=O) groups excluding carboxylic acids is 2. The molecule has 0 aromatic heterocycles. The normalized spacial score (nSPS) is 29.9. The van der Waals surface area contributed by atoms with Gasteiger partial charge in [-0.2, -0.15) is 0 Å². The van der Waals surface area contributed by atoms with Crippen molar-refractivity contribution in [2.75, 3.05) is 7.11 Å². The molecule has 0 saturated heterocycles. The Bertz CT molecular complexity index is 297. The number of carbonyl (C=O) groups is 3. The average molecular weight is 216 g/mol. The van der Waals surface area contributed by atoms with Crippen LogP contribution in [0.25, 0.3) is 0 Å². The highest BCUT2D eigenvalue weighted by Gasteiger charge is 2.44. The van der Waals surface area contributed by atoms with Crippen LogP contribution in [-0.4, -0.2) is 41.1 Å². The van der Waals surface area contributed by atoms with Gasteiger partial charge in [-0.1, -0.05) is 0 Å². The quantitative estimate of drug-likeness (QED) is 0.473. The highest BCUT2D eigenvalue weighted by molar-refractivity contribution is 6.34. The molecule has 1 saturated carbocycles. The average Bonchev–Trinajstić information content (AvgIpc) is 2.57. The number of aliphatic carboxylic acids is 1. The van der Waals surface area contributed by atoms with Crippen molar-refractivity contribution in [1.29, 1.82) is 0 Å². The fourth-order valence-corrected chi connectivity index (χ4v) is 1.87. The van der Waals surface area contributed by atoms with Crippen LogP contribution in [0.3, 0.4) is 0 Å². The van der Waals surface area contributed by atoms with Crippen LogP contribution >= 0.6 is 0 Å². The number of methoxy groups -OCH3 is 1. The van der Waals surface area contributed by atoms with Crippen molar-refractivity contribution in [2.24, 2.45) is 11.8 Å². The third-order valence-electron chi connectivity index (χ3n) is 2.59. The van der Waals surface area contributed by atoms with Gasteiger partial charge in [0.1, 0.15) is 0 Å². The van der Waals surface area contributed by atoms with Crippen molar-refractivity contribution >= 4 is 17.7 Å². The minimum Gasteiger partial charge on any atom is -0.475 e. The summed E-state index contributed by atoms with van der Waals surface area (Å²) in [5.41, 5.74) is 0. The van der Waals surface area contributed by atoms with Gasteiger partial charge in [-0.05, 0) is 12.8 Å². The fourth-order valence-electron chi connectivity index (χ4n) is 1.87. The van der Waals surface area contributed by atoms with Gasteiger partial charge in [0, 0.05) is 5.92 Å². The molecule has 0 radical (unpaired) electrons. The number of esters is 1. The number of Topliss-reactive ketones (excluding diaryl/α,β-unsaturated/α-hetero) is 1. The second-order valence-electron chi connectivity index (χ2n) is 3.53. The van der Waals surface area contributed by atoms with Gasteiger partial charge in [0.05, 0.1) is 19.1 Å². The summed E-state index contributed by atoms with van der Waals surface area (Å²) in [6, 6.07) is 0. The van der Waals surface area contributed by atoms with Crippen LogP contribution in [0.4, 0.5) is 0 Å². The van der Waals surface area contributed by atoms with Crippen LogP contribution in [0.1, 0.15) is 12.8 Å². The monoisotopic (exact) mass is 216 g/mol. The first-order chi connectivity index (χ1) is 6.97. The zero-order valence-electron chi connectivity index (χ0n) is 8.17. The van der Waals surface area contributed by atoms with Crippen molar-refractivity contribution in [2.45, 2.75) is 18.9 Å².